The van der Waals surface area contributed by atoms with Crippen molar-refractivity contribution in [2.75, 3.05) is 4.90 Å². The molecule has 0 saturated heterocycles. The maximum Gasteiger partial charge on any atom is 0.0726 e. The van der Waals surface area contributed by atoms with Crippen LogP contribution in [-0.4, -0.2) is 4.57 Å². The van der Waals surface area contributed by atoms with Crippen LogP contribution < -0.4 is 4.90 Å². The summed E-state index contributed by atoms with van der Waals surface area (Å²) in [6, 6.07) is 102. The molecule has 0 saturated carbocycles. The molecule has 2 nitrogen and oxygen atoms in total. The third kappa shape index (κ3) is 6.60. The number of benzene rings is 12. The molecule has 16 rings (SSSR count). The Hall–Kier alpha value is -10.0. The first-order valence-corrected chi connectivity index (χ1v) is 27.9. The van der Waals surface area contributed by atoms with E-state index in [1.54, 1.807) is 0 Å². The number of aromatic nitrogens is 1. The molecule has 80 heavy (non-hydrogen) atoms. The zero-order valence-corrected chi connectivity index (χ0v) is 44.7. The van der Waals surface area contributed by atoms with Gasteiger partial charge >= 0.3 is 0 Å². The van der Waals surface area contributed by atoms with Crippen LogP contribution in [0.2, 0.25) is 0 Å². The maximum absolute atomic E-state index is 4.20. The lowest BCUT2D eigenvalue weighted by atomic mass is 9.70. The van der Waals surface area contributed by atoms with Gasteiger partial charge in [0.05, 0.1) is 16.4 Å². The molecule has 2 heteroatoms. The minimum atomic E-state index is -0.519. The van der Waals surface area contributed by atoms with Gasteiger partial charge in [-0.05, 0) is 179 Å². The molecule has 12 aromatic carbocycles. The average Bonchev–Trinajstić information content (AvgIpc) is 4.40. The van der Waals surface area contributed by atoms with Crippen LogP contribution in [0.3, 0.4) is 0 Å². The van der Waals surface area contributed by atoms with Crippen LogP contribution in [0.4, 0.5) is 17.1 Å². The van der Waals surface area contributed by atoms with Crippen molar-refractivity contribution < 1.29 is 0 Å². The molecule has 0 N–H and O–H groups in total. The van der Waals surface area contributed by atoms with Gasteiger partial charge in [-0.1, -0.05) is 227 Å². The van der Waals surface area contributed by atoms with E-state index in [9.17, 15) is 0 Å². The molecule has 0 amide bonds. The molecule has 1 unspecified atom stereocenters. The number of para-hydroxylation sites is 1. The SMILES string of the molecule is C=Cc1ccccc1-c1ccc2c(c1)C1(c3ccccc3-2)c2ccccc2-c2ccc(-n3c4ccccc4c4cc(-c5ccc(N(c6ccc(-c7ccccc7)cc6)c6ccc7c(c6)C(C)(C)c6ccccc6-7)cc5)ccc43)cc21. The van der Waals surface area contributed by atoms with E-state index in [1.165, 1.54) is 122 Å². The number of nitrogens with zero attached hydrogens (tertiary/aromatic N) is 2. The fourth-order valence-corrected chi connectivity index (χ4v) is 14.3. The van der Waals surface area contributed by atoms with Gasteiger partial charge in [-0.15, -0.1) is 0 Å². The van der Waals surface area contributed by atoms with Gasteiger partial charge in [0.1, 0.15) is 0 Å². The fraction of sp³-hybridized carbons (Fsp3) is 0.0513. The highest BCUT2D eigenvalue weighted by Gasteiger charge is 2.52. The Balaban J connectivity index is 0.812. The van der Waals surface area contributed by atoms with Crippen molar-refractivity contribution in [1.29, 1.82) is 0 Å². The van der Waals surface area contributed by atoms with Gasteiger partial charge in [0.2, 0.25) is 0 Å². The minimum absolute atomic E-state index is 0.122. The monoisotopic (exact) mass is 1020 g/mol. The van der Waals surface area contributed by atoms with E-state index in [1.807, 2.05) is 6.08 Å². The molecule has 3 aliphatic rings. The highest BCUT2D eigenvalue weighted by molar-refractivity contribution is 6.11. The average molecular weight is 1020 g/mol. The maximum atomic E-state index is 4.20. The first-order valence-electron chi connectivity index (χ1n) is 27.9. The number of hydrogen-bond acceptors (Lipinski definition) is 1. The summed E-state index contributed by atoms with van der Waals surface area (Å²) >= 11 is 0. The van der Waals surface area contributed by atoms with Crippen LogP contribution >= 0.6 is 0 Å². The van der Waals surface area contributed by atoms with E-state index in [0.717, 1.165) is 28.3 Å². The molecular formula is C78H54N2. The second-order valence-corrected chi connectivity index (χ2v) is 22.4. The summed E-state index contributed by atoms with van der Waals surface area (Å²) in [4.78, 5) is 2.41. The standard InChI is InChI=1S/C78H54N2/c1-4-50-18-8-9-21-60(50)55-34-42-65-62-23-11-15-27-70(62)78(73(65)47-55)71-28-16-12-24-63(71)66-44-41-59(49-74(66)78)80-75-29-17-13-25-67(75)68-46-54(35-45-76(68)80)53-32-38-57(39-33-53)79(56-36-30-52(31-37-56)51-19-6-5-7-20-51)58-40-43-64-61-22-10-14-26-69(61)77(2,3)72(64)48-58/h4-49H,1H2,2-3H3. The van der Waals surface area contributed by atoms with Crippen LogP contribution in [0.1, 0.15) is 52.8 Å². The lowest BCUT2D eigenvalue weighted by Crippen LogP contribution is -2.26. The largest absolute Gasteiger partial charge is 0.310 e. The van der Waals surface area contributed by atoms with Crippen LogP contribution in [0.25, 0.3) is 100 Å². The van der Waals surface area contributed by atoms with Crippen molar-refractivity contribution in [3.8, 4) is 72.4 Å². The second kappa shape index (κ2) is 17.5. The van der Waals surface area contributed by atoms with E-state index in [4.69, 9.17) is 0 Å². The number of fused-ring (bicyclic) bond motifs is 16. The molecule has 1 heterocycles. The quantitative estimate of drug-likeness (QED) is 0.147. The zero-order valence-electron chi connectivity index (χ0n) is 44.7. The van der Waals surface area contributed by atoms with Crippen LogP contribution in [0, 0.1) is 0 Å². The molecule has 1 aromatic heterocycles. The highest BCUT2D eigenvalue weighted by Crippen LogP contribution is 2.63. The van der Waals surface area contributed by atoms with Gasteiger partial charge in [0, 0.05) is 38.9 Å². The Kier molecular flexibility index (Phi) is 10.1. The lowest BCUT2D eigenvalue weighted by Gasteiger charge is -2.31. The summed E-state index contributed by atoms with van der Waals surface area (Å²) in [7, 11) is 0. The predicted molar refractivity (Wildman–Crippen MR) is 336 cm³/mol. The van der Waals surface area contributed by atoms with Crippen LogP contribution in [0.5, 0.6) is 0 Å². The Bertz CT molecular complexity index is 4670. The molecule has 376 valence electrons. The van der Waals surface area contributed by atoms with Crippen molar-refractivity contribution >= 4 is 44.9 Å². The molecule has 0 fully saturated rings. The molecule has 0 bridgehead atoms. The summed E-state index contributed by atoms with van der Waals surface area (Å²) < 4.78 is 2.49. The minimum Gasteiger partial charge on any atom is -0.310 e. The van der Waals surface area contributed by atoms with E-state index in [0.29, 0.717) is 0 Å². The molecule has 0 radical (unpaired) electrons. The summed E-state index contributed by atoms with van der Waals surface area (Å²) in [5.74, 6) is 0. The number of anilines is 3. The summed E-state index contributed by atoms with van der Waals surface area (Å²) in [6.07, 6.45) is 1.97. The first-order chi connectivity index (χ1) is 39.4. The topological polar surface area (TPSA) is 8.17 Å². The predicted octanol–water partition coefficient (Wildman–Crippen LogP) is 20.5. The summed E-state index contributed by atoms with van der Waals surface area (Å²) in [5.41, 5.74) is 30.3. The summed E-state index contributed by atoms with van der Waals surface area (Å²) in [5, 5.41) is 2.46. The van der Waals surface area contributed by atoms with Gasteiger partial charge < -0.3 is 9.47 Å². The molecule has 1 atom stereocenters. The fourth-order valence-electron chi connectivity index (χ4n) is 14.3. The normalized spacial score (nSPS) is 14.8. The van der Waals surface area contributed by atoms with Crippen LogP contribution in [-0.2, 0) is 10.8 Å². The second-order valence-electron chi connectivity index (χ2n) is 22.4. The van der Waals surface area contributed by atoms with E-state index < -0.39 is 5.41 Å². The molecule has 3 aliphatic carbocycles. The van der Waals surface area contributed by atoms with Gasteiger partial charge in [-0.2, -0.15) is 0 Å². The van der Waals surface area contributed by atoms with Crippen molar-refractivity contribution in [3.63, 3.8) is 0 Å². The Labute approximate surface area is 467 Å². The summed E-state index contributed by atoms with van der Waals surface area (Å²) in [6.45, 7) is 8.92. The van der Waals surface area contributed by atoms with Crippen molar-refractivity contribution in [3.05, 3.63) is 319 Å². The van der Waals surface area contributed by atoms with Gasteiger partial charge in [-0.25, -0.2) is 0 Å². The van der Waals surface area contributed by atoms with Crippen LogP contribution in [0.15, 0.2) is 280 Å². The van der Waals surface area contributed by atoms with Gasteiger partial charge in [-0.3, -0.25) is 0 Å². The molecule has 13 aromatic rings. The molecule has 1 spiro atoms. The van der Waals surface area contributed by atoms with E-state index in [2.05, 4.69) is 303 Å². The van der Waals surface area contributed by atoms with Gasteiger partial charge in [0.15, 0.2) is 0 Å². The third-order valence-corrected chi connectivity index (χ3v) is 18.0. The van der Waals surface area contributed by atoms with Gasteiger partial charge in [0.25, 0.3) is 0 Å². The lowest BCUT2D eigenvalue weighted by molar-refractivity contribution is 0.660. The van der Waals surface area contributed by atoms with Crippen molar-refractivity contribution in [2.45, 2.75) is 24.7 Å². The Morgan fingerprint density at radius 3 is 1.50 bits per heavy atom. The Morgan fingerprint density at radius 1 is 0.325 bits per heavy atom. The third-order valence-electron chi connectivity index (χ3n) is 18.0. The van der Waals surface area contributed by atoms with E-state index >= 15 is 0 Å². The highest BCUT2D eigenvalue weighted by atomic mass is 15.1. The van der Waals surface area contributed by atoms with Crippen molar-refractivity contribution in [2.24, 2.45) is 0 Å². The molecular weight excluding hydrogens is 965 g/mol. The number of rotatable bonds is 8. The van der Waals surface area contributed by atoms with Crippen molar-refractivity contribution in [1.82, 2.24) is 4.57 Å². The molecule has 0 aliphatic heterocycles. The number of hydrogen-bond donors (Lipinski definition) is 0. The zero-order chi connectivity index (χ0) is 53.3. The Morgan fingerprint density at radius 2 is 0.800 bits per heavy atom. The van der Waals surface area contributed by atoms with E-state index in [-0.39, 0.29) is 5.41 Å². The first kappa shape index (κ1) is 46.1. The smallest absolute Gasteiger partial charge is 0.0726 e.